The molecule has 1 aromatic carbocycles. The van der Waals surface area contributed by atoms with Gasteiger partial charge >= 0.3 is 6.03 Å². The number of carbonyl (C=O) groups excluding carboxylic acids is 1. The highest BCUT2D eigenvalue weighted by Gasteiger charge is 2.14. The van der Waals surface area contributed by atoms with Gasteiger partial charge in [-0.2, -0.15) is 0 Å². The number of urea groups is 1. The Bertz CT molecular complexity index is 701. The summed E-state index contributed by atoms with van der Waals surface area (Å²) in [6, 6.07) is 3.65. The predicted molar refractivity (Wildman–Crippen MR) is 74.2 cm³/mol. The fourth-order valence-corrected chi connectivity index (χ4v) is 1.89. The SMILES string of the molecule is CN(Cc1cc(F)c(F)c(F)c1)C(=O)NCc1ncccc1F. The van der Waals surface area contributed by atoms with Gasteiger partial charge in [0.25, 0.3) is 0 Å². The summed E-state index contributed by atoms with van der Waals surface area (Å²) in [4.78, 5) is 16.8. The second kappa shape index (κ2) is 7.08. The first-order valence-corrected chi connectivity index (χ1v) is 6.60. The fraction of sp³-hybridized carbons (Fsp3) is 0.200. The van der Waals surface area contributed by atoms with E-state index in [9.17, 15) is 22.4 Å². The highest BCUT2D eigenvalue weighted by atomic mass is 19.2. The lowest BCUT2D eigenvalue weighted by Crippen LogP contribution is -2.36. The van der Waals surface area contributed by atoms with Gasteiger partial charge in [0.05, 0.1) is 12.2 Å². The number of aromatic nitrogens is 1. The number of halogens is 4. The van der Waals surface area contributed by atoms with Gasteiger partial charge in [-0.05, 0) is 29.8 Å². The highest BCUT2D eigenvalue weighted by molar-refractivity contribution is 5.73. The molecule has 0 saturated heterocycles. The van der Waals surface area contributed by atoms with E-state index in [1.165, 1.54) is 25.4 Å². The summed E-state index contributed by atoms with van der Waals surface area (Å²) in [5.74, 6) is -4.78. The number of nitrogens with zero attached hydrogens (tertiary/aromatic N) is 2. The maximum absolute atomic E-state index is 13.4. The van der Waals surface area contributed by atoms with Crippen LogP contribution in [0, 0.1) is 23.3 Å². The van der Waals surface area contributed by atoms with Crippen molar-refractivity contribution >= 4 is 6.03 Å². The van der Waals surface area contributed by atoms with Crippen LogP contribution < -0.4 is 5.32 Å². The van der Waals surface area contributed by atoms with E-state index in [0.717, 1.165) is 17.0 Å². The van der Waals surface area contributed by atoms with E-state index >= 15 is 0 Å². The van der Waals surface area contributed by atoms with Gasteiger partial charge < -0.3 is 10.2 Å². The van der Waals surface area contributed by atoms with E-state index in [4.69, 9.17) is 0 Å². The third-order valence-corrected chi connectivity index (χ3v) is 3.05. The van der Waals surface area contributed by atoms with E-state index in [0.29, 0.717) is 0 Å². The van der Waals surface area contributed by atoms with Gasteiger partial charge in [0.15, 0.2) is 17.5 Å². The van der Waals surface area contributed by atoms with Crippen molar-refractivity contribution in [3.8, 4) is 0 Å². The molecule has 23 heavy (non-hydrogen) atoms. The standard InChI is InChI=1S/C15H13F4N3O/c1-22(8-9-5-11(17)14(19)12(18)6-9)15(23)21-7-13-10(16)3-2-4-20-13/h2-6H,7-8H2,1H3,(H,21,23). The minimum atomic E-state index is -1.56. The number of hydrogen-bond donors (Lipinski definition) is 1. The maximum Gasteiger partial charge on any atom is 0.317 e. The van der Waals surface area contributed by atoms with Crippen molar-refractivity contribution in [1.29, 1.82) is 0 Å². The fourth-order valence-electron chi connectivity index (χ4n) is 1.89. The van der Waals surface area contributed by atoms with Crippen molar-refractivity contribution < 1.29 is 22.4 Å². The summed E-state index contributed by atoms with van der Waals surface area (Å²) in [6.45, 7) is -0.285. The first kappa shape index (κ1) is 16.7. The molecule has 0 bridgehead atoms. The van der Waals surface area contributed by atoms with Crippen molar-refractivity contribution in [2.45, 2.75) is 13.1 Å². The quantitative estimate of drug-likeness (QED) is 0.693. The Morgan fingerprint density at radius 3 is 2.43 bits per heavy atom. The number of pyridine rings is 1. The first-order valence-electron chi connectivity index (χ1n) is 6.60. The van der Waals surface area contributed by atoms with Crippen molar-refractivity contribution in [3.05, 3.63) is 65.0 Å². The summed E-state index contributed by atoms with van der Waals surface area (Å²) >= 11 is 0. The summed E-state index contributed by atoms with van der Waals surface area (Å²) in [5, 5.41) is 2.42. The molecule has 2 amide bonds. The zero-order valence-electron chi connectivity index (χ0n) is 12.1. The molecule has 0 aliphatic rings. The van der Waals surface area contributed by atoms with Crippen LogP contribution in [0.3, 0.4) is 0 Å². The second-order valence-electron chi connectivity index (χ2n) is 4.82. The van der Waals surface area contributed by atoms with Crippen LogP contribution in [0.4, 0.5) is 22.4 Å². The Labute approximate surface area is 129 Å². The highest BCUT2D eigenvalue weighted by Crippen LogP contribution is 2.14. The smallest absolute Gasteiger partial charge is 0.317 e. The molecular weight excluding hydrogens is 314 g/mol. The first-order chi connectivity index (χ1) is 10.9. The molecule has 8 heteroatoms. The number of amides is 2. The van der Waals surface area contributed by atoms with E-state index in [1.54, 1.807) is 0 Å². The summed E-state index contributed by atoms with van der Waals surface area (Å²) in [6.07, 6.45) is 1.39. The summed E-state index contributed by atoms with van der Waals surface area (Å²) in [5.41, 5.74) is 0.149. The maximum atomic E-state index is 13.4. The minimum absolute atomic E-state index is 0.0631. The normalized spacial score (nSPS) is 10.5. The van der Waals surface area contributed by atoms with Gasteiger partial charge in [0.1, 0.15) is 5.82 Å². The van der Waals surface area contributed by atoms with Gasteiger partial charge in [0, 0.05) is 19.8 Å². The van der Waals surface area contributed by atoms with Crippen molar-refractivity contribution in [1.82, 2.24) is 15.2 Å². The van der Waals surface area contributed by atoms with Crippen LogP contribution in [0.1, 0.15) is 11.3 Å². The molecular formula is C15H13F4N3O. The Hall–Kier alpha value is -2.64. The average Bonchev–Trinajstić information content (AvgIpc) is 2.51. The largest absolute Gasteiger partial charge is 0.332 e. The third-order valence-electron chi connectivity index (χ3n) is 3.05. The zero-order valence-corrected chi connectivity index (χ0v) is 12.1. The predicted octanol–water partition coefficient (Wildman–Crippen LogP) is 2.98. The molecule has 1 aromatic heterocycles. The number of rotatable bonds is 4. The Morgan fingerprint density at radius 1 is 1.17 bits per heavy atom. The molecule has 1 N–H and O–H groups in total. The molecule has 0 fully saturated rings. The topological polar surface area (TPSA) is 45.2 Å². The van der Waals surface area contributed by atoms with Gasteiger partial charge in [-0.25, -0.2) is 22.4 Å². The van der Waals surface area contributed by atoms with E-state index < -0.39 is 29.3 Å². The molecule has 0 aliphatic carbocycles. The van der Waals surface area contributed by atoms with Gasteiger partial charge in [0.2, 0.25) is 0 Å². The van der Waals surface area contributed by atoms with Crippen LogP contribution in [0.25, 0.3) is 0 Å². The molecule has 0 unspecified atom stereocenters. The molecule has 122 valence electrons. The van der Waals surface area contributed by atoms with E-state index in [2.05, 4.69) is 10.3 Å². The molecule has 4 nitrogen and oxygen atoms in total. The second-order valence-corrected chi connectivity index (χ2v) is 4.82. The Balaban J connectivity index is 1.96. The molecule has 1 heterocycles. The molecule has 0 spiro atoms. The van der Waals surface area contributed by atoms with Crippen LogP contribution in [0.2, 0.25) is 0 Å². The summed E-state index contributed by atoms with van der Waals surface area (Å²) in [7, 11) is 1.38. The molecule has 2 rings (SSSR count). The van der Waals surface area contributed by atoms with Crippen molar-refractivity contribution in [2.24, 2.45) is 0 Å². The average molecular weight is 327 g/mol. The molecule has 2 aromatic rings. The molecule has 0 aliphatic heterocycles. The third kappa shape index (κ3) is 4.18. The van der Waals surface area contributed by atoms with Crippen molar-refractivity contribution in [3.63, 3.8) is 0 Å². The zero-order chi connectivity index (χ0) is 17.0. The van der Waals surface area contributed by atoms with Crippen LogP contribution >= 0.6 is 0 Å². The number of nitrogens with one attached hydrogen (secondary N) is 1. The lowest BCUT2D eigenvalue weighted by Gasteiger charge is -2.18. The Kier molecular flexibility index (Phi) is 5.15. The van der Waals surface area contributed by atoms with Crippen molar-refractivity contribution in [2.75, 3.05) is 7.05 Å². The lowest BCUT2D eigenvalue weighted by molar-refractivity contribution is 0.206. The van der Waals surface area contributed by atoms with Gasteiger partial charge in [-0.15, -0.1) is 0 Å². The molecule has 0 radical (unpaired) electrons. The van der Waals surface area contributed by atoms with Crippen LogP contribution in [0.15, 0.2) is 30.5 Å². The van der Waals surface area contributed by atoms with Gasteiger partial charge in [-0.3, -0.25) is 4.98 Å². The lowest BCUT2D eigenvalue weighted by atomic mass is 10.2. The van der Waals surface area contributed by atoms with Gasteiger partial charge in [-0.1, -0.05) is 0 Å². The van der Waals surface area contributed by atoms with Crippen LogP contribution in [-0.4, -0.2) is 23.0 Å². The molecule has 0 saturated carbocycles. The Morgan fingerprint density at radius 2 is 1.83 bits per heavy atom. The summed E-state index contributed by atoms with van der Waals surface area (Å²) < 4.78 is 52.5. The molecule has 0 atom stereocenters. The number of benzene rings is 1. The van der Waals surface area contributed by atoms with E-state index in [1.807, 2.05) is 0 Å². The van der Waals surface area contributed by atoms with Crippen LogP contribution in [0.5, 0.6) is 0 Å². The van der Waals surface area contributed by atoms with E-state index in [-0.39, 0.29) is 24.3 Å². The minimum Gasteiger partial charge on any atom is -0.332 e. The number of carbonyl (C=O) groups is 1. The van der Waals surface area contributed by atoms with Crippen LogP contribution in [-0.2, 0) is 13.1 Å². The monoisotopic (exact) mass is 327 g/mol. The number of hydrogen-bond acceptors (Lipinski definition) is 2.